The average molecular weight is 372 g/mol. The first-order valence-corrected chi connectivity index (χ1v) is 8.40. The van der Waals surface area contributed by atoms with Crippen molar-refractivity contribution in [2.75, 3.05) is 31.1 Å². The molecule has 7 heteroatoms. The maximum absolute atomic E-state index is 14.2. The smallest absolute Gasteiger partial charge is 0.242 e. The van der Waals surface area contributed by atoms with Gasteiger partial charge in [0.15, 0.2) is 5.78 Å². The van der Waals surface area contributed by atoms with Crippen LogP contribution in [0.2, 0.25) is 0 Å². The summed E-state index contributed by atoms with van der Waals surface area (Å²) < 4.78 is 14.2. The van der Waals surface area contributed by atoms with Gasteiger partial charge in [-0.3, -0.25) is 9.59 Å². The summed E-state index contributed by atoms with van der Waals surface area (Å²) in [5.74, 6) is -0.609. The van der Waals surface area contributed by atoms with Crippen LogP contribution in [0.25, 0.3) is 0 Å². The second kappa shape index (κ2) is 8.63. The van der Waals surface area contributed by atoms with E-state index >= 15 is 0 Å². The molecular formula is C18H27ClFN3O2. The highest BCUT2D eigenvalue weighted by Gasteiger charge is 2.33. The summed E-state index contributed by atoms with van der Waals surface area (Å²) in [6, 6.07) is 4.54. The number of benzene rings is 1. The summed E-state index contributed by atoms with van der Waals surface area (Å²) in [5, 5.41) is 0. The molecule has 140 valence electrons. The average Bonchev–Trinajstić information content (AvgIpc) is 2.54. The van der Waals surface area contributed by atoms with E-state index in [2.05, 4.69) is 0 Å². The SMILES string of the molecule is CCCC(C)(N)C(=O)N1CCN(c2ccc(C(C)=O)cc2F)CC1.Cl. The second-order valence-electron chi connectivity index (χ2n) is 6.67. The molecule has 0 saturated carbocycles. The van der Waals surface area contributed by atoms with Gasteiger partial charge in [-0.15, -0.1) is 12.4 Å². The van der Waals surface area contributed by atoms with E-state index in [1.54, 1.807) is 24.0 Å². The summed E-state index contributed by atoms with van der Waals surface area (Å²) in [6.45, 7) is 7.31. The van der Waals surface area contributed by atoms with E-state index in [1.165, 1.54) is 13.0 Å². The van der Waals surface area contributed by atoms with Crippen LogP contribution in [0.1, 0.15) is 44.0 Å². The van der Waals surface area contributed by atoms with Crippen molar-refractivity contribution in [1.82, 2.24) is 4.90 Å². The highest BCUT2D eigenvalue weighted by atomic mass is 35.5. The summed E-state index contributed by atoms with van der Waals surface area (Å²) in [5.41, 5.74) is 6.11. The highest BCUT2D eigenvalue weighted by Crippen LogP contribution is 2.23. The number of hydrogen-bond acceptors (Lipinski definition) is 4. The maximum atomic E-state index is 14.2. The lowest BCUT2D eigenvalue weighted by Gasteiger charge is -2.39. The molecular weight excluding hydrogens is 345 g/mol. The Balaban J connectivity index is 0.00000312. The van der Waals surface area contributed by atoms with E-state index in [9.17, 15) is 14.0 Å². The minimum Gasteiger partial charge on any atom is -0.366 e. The number of Topliss-reactive ketones (excluding diaryl/α,β-unsaturated/α-hetero) is 1. The normalized spacial score (nSPS) is 16.8. The van der Waals surface area contributed by atoms with Gasteiger partial charge in [-0.1, -0.05) is 13.3 Å². The van der Waals surface area contributed by atoms with E-state index in [-0.39, 0.29) is 24.1 Å². The standard InChI is InChI=1S/C18H26FN3O2.ClH/c1-4-7-18(3,20)17(24)22-10-8-21(9-11-22)16-6-5-14(13(2)23)12-15(16)19;/h5-6,12H,4,7-11,20H2,1-3H3;1H. The molecule has 0 bridgehead atoms. The highest BCUT2D eigenvalue weighted by molar-refractivity contribution is 5.94. The Morgan fingerprint density at radius 1 is 1.24 bits per heavy atom. The Bertz CT molecular complexity index is 629. The fraction of sp³-hybridized carbons (Fsp3) is 0.556. The predicted octanol–water partition coefficient (Wildman–Crippen LogP) is 2.62. The number of nitrogens with zero attached hydrogens (tertiary/aromatic N) is 2. The number of nitrogens with two attached hydrogens (primary N) is 1. The van der Waals surface area contributed by atoms with Gasteiger partial charge in [0.25, 0.3) is 0 Å². The molecule has 0 radical (unpaired) electrons. The molecule has 1 amide bonds. The Hall–Kier alpha value is -1.66. The number of carbonyl (C=O) groups excluding carboxylic acids is 2. The van der Waals surface area contributed by atoms with Crippen LogP contribution in [-0.4, -0.2) is 48.3 Å². The fourth-order valence-electron chi connectivity index (χ4n) is 3.12. The number of ketones is 1. The molecule has 1 saturated heterocycles. The zero-order chi connectivity index (χ0) is 17.9. The van der Waals surface area contributed by atoms with Crippen LogP contribution in [0.4, 0.5) is 10.1 Å². The lowest BCUT2D eigenvalue weighted by molar-refractivity contribution is -0.137. The molecule has 1 aliphatic heterocycles. The summed E-state index contributed by atoms with van der Waals surface area (Å²) >= 11 is 0. The largest absolute Gasteiger partial charge is 0.366 e. The molecule has 2 rings (SSSR count). The molecule has 1 aromatic carbocycles. The predicted molar refractivity (Wildman–Crippen MR) is 99.9 cm³/mol. The third kappa shape index (κ3) is 4.92. The van der Waals surface area contributed by atoms with E-state index in [0.29, 0.717) is 43.9 Å². The Morgan fingerprint density at radius 2 is 1.84 bits per heavy atom. The lowest BCUT2D eigenvalue weighted by Crippen LogP contribution is -2.58. The van der Waals surface area contributed by atoms with Gasteiger partial charge in [0, 0.05) is 31.7 Å². The van der Waals surface area contributed by atoms with Gasteiger partial charge in [0.1, 0.15) is 5.82 Å². The molecule has 0 spiro atoms. The Morgan fingerprint density at radius 3 is 2.32 bits per heavy atom. The number of amides is 1. The van der Waals surface area contributed by atoms with Crippen LogP contribution in [-0.2, 0) is 4.79 Å². The number of rotatable bonds is 5. The van der Waals surface area contributed by atoms with Gasteiger partial charge in [0.05, 0.1) is 11.2 Å². The first-order valence-electron chi connectivity index (χ1n) is 8.40. The quantitative estimate of drug-likeness (QED) is 0.808. The van der Waals surface area contributed by atoms with Crippen molar-refractivity contribution < 1.29 is 14.0 Å². The van der Waals surface area contributed by atoms with E-state index in [4.69, 9.17) is 5.73 Å². The van der Waals surface area contributed by atoms with Crippen LogP contribution >= 0.6 is 12.4 Å². The van der Waals surface area contributed by atoms with Gasteiger partial charge in [-0.25, -0.2) is 4.39 Å². The van der Waals surface area contributed by atoms with Crippen LogP contribution in [0.3, 0.4) is 0 Å². The van der Waals surface area contributed by atoms with Gasteiger partial charge >= 0.3 is 0 Å². The third-order valence-electron chi connectivity index (χ3n) is 4.52. The van der Waals surface area contributed by atoms with Gasteiger partial charge in [-0.2, -0.15) is 0 Å². The first kappa shape index (κ1) is 21.4. The van der Waals surface area contributed by atoms with E-state index in [0.717, 1.165) is 6.42 Å². The summed E-state index contributed by atoms with van der Waals surface area (Å²) in [7, 11) is 0. The van der Waals surface area contributed by atoms with Crippen molar-refractivity contribution in [2.24, 2.45) is 5.73 Å². The van der Waals surface area contributed by atoms with Crippen molar-refractivity contribution in [1.29, 1.82) is 0 Å². The maximum Gasteiger partial charge on any atom is 0.242 e. The Kier molecular flexibility index (Phi) is 7.38. The molecule has 1 fully saturated rings. The van der Waals surface area contributed by atoms with Gasteiger partial charge in [0.2, 0.25) is 5.91 Å². The van der Waals surface area contributed by atoms with Crippen molar-refractivity contribution in [2.45, 2.75) is 39.2 Å². The number of halogens is 2. The van der Waals surface area contributed by atoms with Gasteiger partial charge < -0.3 is 15.5 Å². The summed E-state index contributed by atoms with van der Waals surface area (Å²) in [4.78, 5) is 27.5. The Labute approximate surface area is 154 Å². The molecule has 1 aromatic rings. The minimum atomic E-state index is -0.842. The van der Waals surface area contributed by atoms with Crippen LogP contribution < -0.4 is 10.6 Å². The van der Waals surface area contributed by atoms with Gasteiger partial charge in [-0.05, 0) is 38.5 Å². The molecule has 25 heavy (non-hydrogen) atoms. The minimum absolute atomic E-state index is 0. The molecule has 1 unspecified atom stereocenters. The molecule has 1 aliphatic rings. The fourth-order valence-corrected chi connectivity index (χ4v) is 3.12. The van der Waals surface area contributed by atoms with Crippen LogP contribution in [0, 0.1) is 5.82 Å². The zero-order valence-electron chi connectivity index (χ0n) is 15.0. The zero-order valence-corrected chi connectivity index (χ0v) is 15.9. The van der Waals surface area contributed by atoms with Crippen molar-refractivity contribution in [3.05, 3.63) is 29.6 Å². The number of piperazine rings is 1. The molecule has 0 aromatic heterocycles. The van der Waals surface area contributed by atoms with Crippen molar-refractivity contribution in [3.63, 3.8) is 0 Å². The monoisotopic (exact) mass is 371 g/mol. The number of carbonyl (C=O) groups is 2. The number of hydrogen-bond donors (Lipinski definition) is 1. The first-order chi connectivity index (χ1) is 11.3. The van der Waals surface area contributed by atoms with E-state index < -0.39 is 11.4 Å². The van der Waals surface area contributed by atoms with E-state index in [1.807, 2.05) is 11.8 Å². The lowest BCUT2D eigenvalue weighted by atomic mass is 9.95. The molecule has 1 atom stereocenters. The third-order valence-corrected chi connectivity index (χ3v) is 4.52. The summed E-state index contributed by atoms with van der Waals surface area (Å²) in [6.07, 6.45) is 1.50. The van der Waals surface area contributed by atoms with Crippen LogP contribution in [0.15, 0.2) is 18.2 Å². The molecule has 2 N–H and O–H groups in total. The molecule has 0 aliphatic carbocycles. The van der Waals surface area contributed by atoms with Crippen LogP contribution in [0.5, 0.6) is 0 Å². The molecule has 1 heterocycles. The number of anilines is 1. The van der Waals surface area contributed by atoms with Crippen molar-refractivity contribution >= 4 is 29.8 Å². The topological polar surface area (TPSA) is 66.6 Å². The molecule has 5 nitrogen and oxygen atoms in total. The second-order valence-corrected chi connectivity index (χ2v) is 6.67. The van der Waals surface area contributed by atoms with Crippen molar-refractivity contribution in [3.8, 4) is 0 Å².